The molecule has 3 saturated carbocycles. The number of rotatable bonds is 0. The molecule has 0 aliphatic heterocycles. The molecule has 0 heterocycles. The zero-order valence-electron chi connectivity index (χ0n) is 8.60. The molecule has 3 aliphatic carbocycles. The minimum Gasteiger partial charge on any atom is -0.0625 e. The second kappa shape index (κ2) is 3.16. The van der Waals surface area contributed by atoms with Crippen molar-refractivity contribution in [2.45, 2.75) is 51.9 Å². The molecule has 0 spiro atoms. The van der Waals surface area contributed by atoms with Gasteiger partial charge in [-0.05, 0) is 24.2 Å². The molecule has 0 amide bonds. The van der Waals surface area contributed by atoms with Crippen LogP contribution in [0.4, 0.5) is 0 Å². The molecule has 64 valence electrons. The number of fused-ring (bicyclic) bond motifs is 5. The van der Waals surface area contributed by atoms with Crippen LogP contribution in [0.3, 0.4) is 0 Å². The summed E-state index contributed by atoms with van der Waals surface area (Å²) in [7, 11) is 0. The highest BCUT2D eigenvalue weighted by molar-refractivity contribution is 4.78. The van der Waals surface area contributed by atoms with Gasteiger partial charge in [-0.1, -0.05) is 45.4 Å². The van der Waals surface area contributed by atoms with Crippen LogP contribution in [0.15, 0.2) is 0 Å². The van der Waals surface area contributed by atoms with E-state index in [1.54, 1.807) is 0 Å². The predicted molar refractivity (Wildman–Crippen MR) is 48.5 cm³/mol. The summed E-state index contributed by atoms with van der Waals surface area (Å²) in [5.41, 5.74) is 0. The summed E-state index contributed by atoms with van der Waals surface area (Å²) in [6, 6.07) is 0. The van der Waals surface area contributed by atoms with E-state index in [4.69, 9.17) is 1.37 Å². The highest BCUT2D eigenvalue weighted by Crippen LogP contribution is 2.39. The second-order valence-electron chi connectivity index (χ2n) is 4.59. The summed E-state index contributed by atoms with van der Waals surface area (Å²) in [6.45, 7) is 2.13. The quantitative estimate of drug-likeness (QED) is 0.498. The van der Waals surface area contributed by atoms with E-state index in [1.807, 2.05) is 0 Å². The Morgan fingerprint density at radius 2 is 1.45 bits per heavy atom. The molecular weight excluding hydrogens is 132 g/mol. The highest BCUT2D eigenvalue weighted by atomic mass is 14.3. The van der Waals surface area contributed by atoms with Gasteiger partial charge in [-0.2, -0.15) is 0 Å². The Hall–Kier alpha value is 0. The first-order chi connectivity index (χ1) is 5.66. The van der Waals surface area contributed by atoms with Crippen LogP contribution in [-0.4, -0.2) is 0 Å². The van der Waals surface area contributed by atoms with Crippen LogP contribution in [0, 0.1) is 17.7 Å². The average Bonchev–Trinajstić information content (AvgIpc) is 1.99. The molecule has 0 aromatic rings. The van der Waals surface area contributed by atoms with E-state index in [0.717, 1.165) is 18.3 Å². The van der Waals surface area contributed by atoms with Crippen molar-refractivity contribution in [3.8, 4) is 0 Å². The first-order valence-electron chi connectivity index (χ1n) is 5.66. The Morgan fingerprint density at radius 3 is 2.18 bits per heavy atom. The summed E-state index contributed by atoms with van der Waals surface area (Å²) >= 11 is 0. The minimum atomic E-state index is -0.0935. The van der Waals surface area contributed by atoms with Gasteiger partial charge in [0.1, 0.15) is 0 Å². The Balaban J connectivity index is 2.04. The molecular formula is C11H20. The van der Waals surface area contributed by atoms with Gasteiger partial charge in [-0.3, -0.25) is 0 Å². The van der Waals surface area contributed by atoms with Crippen LogP contribution >= 0.6 is 0 Å². The fourth-order valence-electron chi connectivity index (χ4n) is 2.77. The Morgan fingerprint density at radius 1 is 0.909 bits per heavy atom. The summed E-state index contributed by atoms with van der Waals surface area (Å²) in [6.07, 6.45) is 9.39. The maximum absolute atomic E-state index is 8.12. The van der Waals surface area contributed by atoms with Gasteiger partial charge in [-0.15, -0.1) is 0 Å². The lowest BCUT2D eigenvalue weighted by Crippen LogP contribution is -2.20. The predicted octanol–water partition coefficient (Wildman–Crippen LogP) is 3.61. The van der Waals surface area contributed by atoms with E-state index < -0.39 is 0 Å². The molecule has 0 saturated heterocycles. The van der Waals surface area contributed by atoms with Gasteiger partial charge in [0.25, 0.3) is 0 Å². The van der Waals surface area contributed by atoms with Gasteiger partial charge in [-0.25, -0.2) is 0 Å². The van der Waals surface area contributed by atoms with E-state index in [-0.39, 0.29) is 5.89 Å². The topological polar surface area (TPSA) is 0 Å². The highest BCUT2D eigenvalue weighted by Gasteiger charge is 2.25. The zero-order valence-corrected chi connectivity index (χ0v) is 7.60. The Kier molecular flexibility index (Phi) is 1.87. The van der Waals surface area contributed by atoms with E-state index in [2.05, 4.69) is 6.92 Å². The smallest absolute Gasteiger partial charge is 0.0300 e. The summed E-state index contributed by atoms with van der Waals surface area (Å²) in [5.74, 6) is 1.78. The fourth-order valence-corrected chi connectivity index (χ4v) is 2.77. The molecule has 3 rings (SSSR count). The van der Waals surface area contributed by atoms with E-state index in [0.29, 0.717) is 0 Å². The molecule has 0 nitrogen and oxygen atoms in total. The van der Waals surface area contributed by atoms with Crippen LogP contribution in [0.25, 0.3) is 0 Å². The third kappa shape index (κ3) is 1.77. The first-order valence-corrected chi connectivity index (χ1v) is 5.16. The molecule has 1 atom stereocenters. The molecule has 0 heteroatoms. The fraction of sp³-hybridized carbons (Fsp3) is 1.00. The van der Waals surface area contributed by atoms with Gasteiger partial charge in [0.05, 0.1) is 0 Å². The first kappa shape index (κ1) is 6.51. The van der Waals surface area contributed by atoms with Gasteiger partial charge in [0.2, 0.25) is 0 Å². The van der Waals surface area contributed by atoms with Crippen LogP contribution in [0.2, 0.25) is 0 Å². The third-order valence-corrected chi connectivity index (χ3v) is 3.58. The molecule has 3 fully saturated rings. The van der Waals surface area contributed by atoms with Crippen LogP contribution < -0.4 is 0 Å². The summed E-state index contributed by atoms with van der Waals surface area (Å²) in [5, 5.41) is 0. The maximum atomic E-state index is 8.12. The van der Waals surface area contributed by atoms with Crippen molar-refractivity contribution < 1.29 is 1.37 Å². The molecule has 0 N–H and O–H groups in total. The second-order valence-corrected chi connectivity index (χ2v) is 4.59. The molecule has 2 bridgehead atoms. The van der Waals surface area contributed by atoms with Gasteiger partial charge in [0, 0.05) is 1.37 Å². The van der Waals surface area contributed by atoms with Crippen LogP contribution in [0.1, 0.15) is 53.2 Å². The summed E-state index contributed by atoms with van der Waals surface area (Å²) in [4.78, 5) is 0. The van der Waals surface area contributed by atoms with E-state index in [1.165, 1.54) is 38.5 Å². The third-order valence-electron chi connectivity index (χ3n) is 3.58. The SMILES string of the molecule is [2H][C@@]1(C)CCC2CCC(CC2)C1. The van der Waals surface area contributed by atoms with Crippen molar-refractivity contribution >= 4 is 0 Å². The van der Waals surface area contributed by atoms with Crippen molar-refractivity contribution in [1.82, 2.24) is 0 Å². The van der Waals surface area contributed by atoms with E-state index in [9.17, 15) is 0 Å². The molecule has 11 heavy (non-hydrogen) atoms. The Labute approximate surface area is 71.8 Å². The standard InChI is InChI=1S/C11H20/c1-9-2-3-10-4-6-11(8-9)7-5-10/h9-11H,2-8H2,1H3/t9-,10?,11?/m1/s1/i9D. The lowest BCUT2D eigenvalue weighted by atomic mass is 9.72. The van der Waals surface area contributed by atoms with Gasteiger partial charge >= 0.3 is 0 Å². The lowest BCUT2D eigenvalue weighted by Gasteiger charge is -2.34. The maximum Gasteiger partial charge on any atom is 0.0300 e. The van der Waals surface area contributed by atoms with Gasteiger partial charge in [0.15, 0.2) is 0 Å². The number of hydrogen-bond donors (Lipinski definition) is 0. The van der Waals surface area contributed by atoms with Crippen molar-refractivity contribution in [3.05, 3.63) is 0 Å². The van der Waals surface area contributed by atoms with Crippen molar-refractivity contribution in [2.24, 2.45) is 17.7 Å². The monoisotopic (exact) mass is 153 g/mol. The normalized spacial score (nSPS) is 53.0. The van der Waals surface area contributed by atoms with Crippen LogP contribution in [-0.2, 0) is 0 Å². The molecule has 0 aromatic heterocycles. The van der Waals surface area contributed by atoms with Gasteiger partial charge < -0.3 is 0 Å². The van der Waals surface area contributed by atoms with E-state index >= 15 is 0 Å². The van der Waals surface area contributed by atoms with Crippen LogP contribution in [0.5, 0.6) is 0 Å². The number of hydrogen-bond acceptors (Lipinski definition) is 0. The minimum absolute atomic E-state index is 0.0935. The Bertz CT molecular complexity index is 154. The van der Waals surface area contributed by atoms with Crippen molar-refractivity contribution in [3.63, 3.8) is 0 Å². The van der Waals surface area contributed by atoms with Crippen molar-refractivity contribution in [2.75, 3.05) is 0 Å². The molecule has 0 unspecified atom stereocenters. The zero-order chi connectivity index (χ0) is 8.60. The van der Waals surface area contributed by atoms with Crippen molar-refractivity contribution in [1.29, 1.82) is 0 Å². The largest absolute Gasteiger partial charge is 0.0625 e. The summed E-state index contributed by atoms with van der Waals surface area (Å²) < 4.78 is 8.12. The average molecular weight is 153 g/mol. The lowest BCUT2D eigenvalue weighted by molar-refractivity contribution is 0.185. The molecule has 3 aliphatic rings. The molecule has 0 radical (unpaired) electrons. The molecule has 0 aromatic carbocycles.